The van der Waals surface area contributed by atoms with Gasteiger partial charge in [0.2, 0.25) is 0 Å². The van der Waals surface area contributed by atoms with Crippen molar-refractivity contribution in [3.05, 3.63) is 0 Å². The largest absolute Gasteiger partial charge is 0.342 e. The van der Waals surface area contributed by atoms with Crippen molar-refractivity contribution in [2.75, 3.05) is 0 Å². The minimum atomic E-state index is -3.00. The third-order valence-electron chi connectivity index (χ3n) is 1.07. The van der Waals surface area contributed by atoms with Crippen molar-refractivity contribution in [1.29, 1.82) is 0 Å². The average Bonchev–Trinajstić information content (AvgIpc) is 1.56. The molecule has 0 spiro atoms. The zero-order chi connectivity index (χ0) is 9.28. The van der Waals surface area contributed by atoms with Crippen LogP contribution in [0.1, 0.15) is 6.42 Å². The van der Waals surface area contributed by atoms with E-state index in [1.54, 1.807) is 0 Å². The zero-order valence-electron chi connectivity index (χ0n) is 5.94. The summed E-state index contributed by atoms with van der Waals surface area (Å²) in [7, 11) is 0. The number of nitrogens with two attached hydrogens (primary N) is 4. The molecule has 11 heavy (non-hydrogen) atoms. The van der Waals surface area contributed by atoms with Crippen LogP contribution in [0.15, 0.2) is 0 Å². The molecule has 0 saturated heterocycles. The number of hydrogen-bond donors (Lipinski definition) is 7. The second kappa shape index (κ2) is 2.99. The van der Waals surface area contributed by atoms with Crippen LogP contribution in [0.2, 0.25) is 0 Å². The summed E-state index contributed by atoms with van der Waals surface area (Å²) in [4.78, 5) is 0. The van der Waals surface area contributed by atoms with Gasteiger partial charge in [-0.1, -0.05) is 0 Å². The topological polar surface area (TPSA) is 165 Å². The number of rotatable bonds is 3. The van der Waals surface area contributed by atoms with Gasteiger partial charge in [-0.15, -0.1) is 0 Å². The predicted molar refractivity (Wildman–Crippen MR) is 37.3 cm³/mol. The first kappa shape index (κ1) is 10.7. The van der Waals surface area contributed by atoms with Gasteiger partial charge in [-0.3, -0.25) is 0 Å². The summed E-state index contributed by atoms with van der Waals surface area (Å²) >= 11 is 0. The van der Waals surface area contributed by atoms with Gasteiger partial charge in [0.1, 0.15) is 5.79 Å². The van der Waals surface area contributed by atoms with Crippen molar-refractivity contribution < 1.29 is 15.3 Å². The van der Waals surface area contributed by atoms with Crippen molar-refractivity contribution in [3.63, 3.8) is 0 Å². The Kier molecular flexibility index (Phi) is 2.91. The van der Waals surface area contributed by atoms with Crippen LogP contribution in [0.3, 0.4) is 0 Å². The van der Waals surface area contributed by atoms with E-state index >= 15 is 0 Å². The summed E-state index contributed by atoms with van der Waals surface area (Å²) in [6.45, 7) is 0. The molecule has 0 rings (SSSR count). The van der Waals surface area contributed by atoms with Gasteiger partial charge >= 0.3 is 0 Å². The van der Waals surface area contributed by atoms with Crippen LogP contribution in [-0.2, 0) is 0 Å². The molecule has 11 N–H and O–H groups in total. The smallest absolute Gasteiger partial charge is 0.291 e. The summed E-state index contributed by atoms with van der Waals surface area (Å²) in [6.07, 6.45) is -0.323. The lowest BCUT2D eigenvalue weighted by Crippen LogP contribution is -2.64. The summed E-state index contributed by atoms with van der Waals surface area (Å²) in [5.41, 5.74) is 20.3. The molecule has 0 aliphatic rings. The lowest BCUT2D eigenvalue weighted by molar-refractivity contribution is -0.324. The Morgan fingerprint density at radius 3 is 1.55 bits per heavy atom. The molecule has 0 aliphatic carbocycles. The van der Waals surface area contributed by atoms with E-state index in [0.717, 1.165) is 0 Å². The minimum absolute atomic E-state index is 0.323. The molecular formula is C4H14N4O3. The highest BCUT2D eigenvalue weighted by atomic mass is 16.7. The van der Waals surface area contributed by atoms with Crippen molar-refractivity contribution in [3.8, 4) is 0 Å². The van der Waals surface area contributed by atoms with Crippen LogP contribution < -0.4 is 22.9 Å². The van der Waals surface area contributed by atoms with Gasteiger partial charge in [-0.05, 0) is 0 Å². The summed E-state index contributed by atoms with van der Waals surface area (Å²) in [6, 6.07) is -1.40. The fourth-order valence-corrected chi connectivity index (χ4v) is 0.518. The fourth-order valence-electron chi connectivity index (χ4n) is 0.518. The van der Waals surface area contributed by atoms with Crippen molar-refractivity contribution >= 4 is 0 Å². The van der Waals surface area contributed by atoms with Gasteiger partial charge < -0.3 is 38.3 Å². The van der Waals surface area contributed by atoms with E-state index in [9.17, 15) is 0 Å². The molecule has 0 radical (unpaired) electrons. The highest BCUT2D eigenvalue weighted by Crippen LogP contribution is 2.05. The first-order chi connectivity index (χ1) is 4.63. The van der Waals surface area contributed by atoms with Crippen LogP contribution in [0.5, 0.6) is 0 Å². The average molecular weight is 166 g/mol. The van der Waals surface area contributed by atoms with Crippen LogP contribution in [0.25, 0.3) is 0 Å². The van der Waals surface area contributed by atoms with Gasteiger partial charge in [0.05, 0.1) is 6.04 Å². The molecule has 7 nitrogen and oxygen atoms in total. The Labute approximate surface area is 63.6 Å². The third kappa shape index (κ3) is 5.04. The second-order valence-electron chi connectivity index (χ2n) is 2.61. The standard InChI is InChI=1S/C4H14N4O3/c5-2(4(9,10)11)1-3(6,7)8/h2,9-11H,1,5-8H2. The molecule has 0 aromatic heterocycles. The van der Waals surface area contributed by atoms with Gasteiger partial charge in [0, 0.05) is 6.42 Å². The van der Waals surface area contributed by atoms with E-state index in [-0.39, 0.29) is 6.42 Å². The maximum Gasteiger partial charge on any atom is 0.291 e. The second-order valence-corrected chi connectivity index (χ2v) is 2.61. The number of hydrogen-bond acceptors (Lipinski definition) is 7. The zero-order valence-corrected chi connectivity index (χ0v) is 5.94. The van der Waals surface area contributed by atoms with Gasteiger partial charge in [-0.2, -0.15) is 0 Å². The third-order valence-corrected chi connectivity index (χ3v) is 1.07. The Hall–Kier alpha value is -0.280. The molecule has 0 amide bonds. The Morgan fingerprint density at radius 1 is 1.09 bits per heavy atom. The normalized spacial score (nSPS) is 16.6. The Morgan fingerprint density at radius 2 is 1.45 bits per heavy atom. The summed E-state index contributed by atoms with van der Waals surface area (Å²) in [5, 5.41) is 25.4. The summed E-state index contributed by atoms with van der Waals surface area (Å²) < 4.78 is 0. The van der Waals surface area contributed by atoms with Gasteiger partial charge in [-0.25, -0.2) is 0 Å². The maximum absolute atomic E-state index is 8.47. The van der Waals surface area contributed by atoms with E-state index in [1.165, 1.54) is 0 Å². The molecule has 0 saturated carbocycles. The predicted octanol–water partition coefficient (Wildman–Crippen LogP) is -4.14. The van der Waals surface area contributed by atoms with E-state index in [2.05, 4.69) is 0 Å². The molecule has 0 fully saturated rings. The molecule has 68 valence electrons. The van der Waals surface area contributed by atoms with Crippen LogP contribution in [-0.4, -0.2) is 33.1 Å². The Balaban J connectivity index is 3.99. The maximum atomic E-state index is 8.47. The Bertz CT molecular complexity index is 126. The molecule has 1 unspecified atom stereocenters. The highest BCUT2D eigenvalue weighted by Gasteiger charge is 2.32. The summed E-state index contributed by atoms with van der Waals surface area (Å²) in [5.74, 6) is -4.62. The van der Waals surface area contributed by atoms with E-state index in [1.807, 2.05) is 0 Å². The molecule has 1 atom stereocenters. The van der Waals surface area contributed by atoms with Crippen LogP contribution in [0.4, 0.5) is 0 Å². The van der Waals surface area contributed by atoms with E-state index in [0.29, 0.717) is 0 Å². The van der Waals surface area contributed by atoms with Crippen LogP contribution >= 0.6 is 0 Å². The number of aliphatic hydroxyl groups is 3. The molecule has 0 aromatic rings. The molecule has 0 aromatic carbocycles. The van der Waals surface area contributed by atoms with Crippen molar-refractivity contribution in [1.82, 2.24) is 0 Å². The molecule has 0 aliphatic heterocycles. The molecule has 7 heteroatoms. The lowest BCUT2D eigenvalue weighted by atomic mass is 10.1. The molecule has 0 bridgehead atoms. The monoisotopic (exact) mass is 166 g/mol. The lowest BCUT2D eigenvalue weighted by Gasteiger charge is -2.27. The highest BCUT2D eigenvalue weighted by molar-refractivity contribution is 4.79. The van der Waals surface area contributed by atoms with Crippen LogP contribution in [0, 0.1) is 0 Å². The van der Waals surface area contributed by atoms with Crippen molar-refractivity contribution in [2.24, 2.45) is 22.9 Å². The minimum Gasteiger partial charge on any atom is -0.342 e. The van der Waals surface area contributed by atoms with E-state index in [4.69, 9.17) is 38.3 Å². The quantitative estimate of drug-likeness (QED) is 0.209. The molecular weight excluding hydrogens is 152 g/mol. The van der Waals surface area contributed by atoms with Crippen molar-refractivity contribution in [2.45, 2.75) is 24.2 Å². The first-order valence-electron chi connectivity index (χ1n) is 2.92. The SMILES string of the molecule is NC(CC(N)(N)N)C(O)(O)O. The van der Waals surface area contributed by atoms with Gasteiger partial charge in [0.15, 0.2) is 0 Å². The first-order valence-corrected chi connectivity index (χ1v) is 2.92. The van der Waals surface area contributed by atoms with Gasteiger partial charge in [0.25, 0.3) is 5.97 Å². The van der Waals surface area contributed by atoms with E-state index < -0.39 is 17.8 Å². The fraction of sp³-hybridized carbons (Fsp3) is 1.00. The molecule has 0 heterocycles.